The van der Waals surface area contributed by atoms with E-state index in [-0.39, 0.29) is 12.4 Å². The van der Waals surface area contributed by atoms with E-state index in [1.807, 2.05) is 4.68 Å². The highest BCUT2D eigenvalue weighted by Crippen LogP contribution is 2.24. The molecule has 0 spiro atoms. The lowest BCUT2D eigenvalue weighted by atomic mass is 9.91. The zero-order valence-corrected chi connectivity index (χ0v) is 12.9. The summed E-state index contributed by atoms with van der Waals surface area (Å²) in [7, 11) is 0. The first-order valence-corrected chi connectivity index (χ1v) is 6.96. The van der Waals surface area contributed by atoms with Crippen molar-refractivity contribution in [2.75, 3.05) is 13.1 Å². The van der Waals surface area contributed by atoms with Crippen molar-refractivity contribution >= 4 is 12.4 Å². The molecule has 0 radical (unpaired) electrons. The number of hydrogen-bond acceptors (Lipinski definition) is 4. The van der Waals surface area contributed by atoms with Gasteiger partial charge in [0.15, 0.2) is 0 Å². The van der Waals surface area contributed by atoms with Crippen molar-refractivity contribution in [3.05, 3.63) is 12.2 Å². The molecule has 0 amide bonds. The molecule has 1 aromatic rings. The van der Waals surface area contributed by atoms with E-state index in [2.05, 4.69) is 35.8 Å². The zero-order chi connectivity index (χ0) is 13.1. The van der Waals surface area contributed by atoms with E-state index >= 15 is 0 Å². The highest BCUT2D eigenvalue weighted by atomic mass is 35.5. The van der Waals surface area contributed by atoms with Crippen LogP contribution in [0.3, 0.4) is 0 Å². The van der Waals surface area contributed by atoms with E-state index in [0.717, 1.165) is 25.5 Å². The number of piperidine rings is 1. The normalized spacial score (nSPS) is 24.5. The fraction of sp³-hybridized carbons (Fsp3) is 0.846. The first-order valence-electron chi connectivity index (χ1n) is 6.96. The van der Waals surface area contributed by atoms with Gasteiger partial charge in [-0.05, 0) is 39.2 Å². The monoisotopic (exact) mass is 287 g/mol. The van der Waals surface area contributed by atoms with Gasteiger partial charge in [0, 0.05) is 18.6 Å². The molecule has 2 rings (SSSR count). The summed E-state index contributed by atoms with van der Waals surface area (Å²) in [6, 6.07) is 0.845. The highest BCUT2D eigenvalue weighted by Gasteiger charge is 2.28. The second-order valence-corrected chi connectivity index (χ2v) is 5.61. The SMILES string of the molecule is CC1CCCN(Cc2ncnn2C(C)C)C1CN.Cl. The van der Waals surface area contributed by atoms with Gasteiger partial charge in [-0.1, -0.05) is 6.92 Å². The molecule has 2 N–H and O–H groups in total. The molecule has 2 unspecified atom stereocenters. The maximum absolute atomic E-state index is 5.93. The number of likely N-dealkylation sites (tertiary alicyclic amines) is 1. The van der Waals surface area contributed by atoms with Gasteiger partial charge in [0.2, 0.25) is 0 Å². The number of halogens is 1. The lowest BCUT2D eigenvalue weighted by Gasteiger charge is -2.39. The second-order valence-electron chi connectivity index (χ2n) is 5.61. The summed E-state index contributed by atoms with van der Waals surface area (Å²) in [6.45, 7) is 9.30. The van der Waals surface area contributed by atoms with Gasteiger partial charge in [-0.25, -0.2) is 9.67 Å². The standard InChI is InChI=1S/C13H25N5.ClH/c1-10(2)18-13(15-9-16-18)8-17-6-4-5-11(3)12(17)7-14;/h9-12H,4-8,14H2,1-3H3;1H. The van der Waals surface area contributed by atoms with Crippen LogP contribution in [0.4, 0.5) is 0 Å². The third kappa shape index (κ3) is 3.68. The van der Waals surface area contributed by atoms with Crippen LogP contribution in [-0.4, -0.2) is 38.8 Å². The maximum atomic E-state index is 5.93. The number of nitrogens with zero attached hydrogens (tertiary/aromatic N) is 4. The third-order valence-electron chi connectivity index (χ3n) is 3.95. The van der Waals surface area contributed by atoms with Crippen LogP contribution in [0.1, 0.15) is 45.5 Å². The predicted octanol–water partition coefficient (Wildman–Crippen LogP) is 1.84. The Morgan fingerprint density at radius 1 is 1.47 bits per heavy atom. The fourth-order valence-corrected chi connectivity index (χ4v) is 2.91. The van der Waals surface area contributed by atoms with E-state index in [4.69, 9.17) is 5.73 Å². The van der Waals surface area contributed by atoms with Crippen molar-refractivity contribution in [1.82, 2.24) is 19.7 Å². The second kappa shape index (κ2) is 7.22. The summed E-state index contributed by atoms with van der Waals surface area (Å²) >= 11 is 0. The molecule has 0 aliphatic carbocycles. The molecule has 6 heteroatoms. The van der Waals surface area contributed by atoms with Crippen LogP contribution in [0, 0.1) is 5.92 Å². The molecule has 1 saturated heterocycles. The highest BCUT2D eigenvalue weighted by molar-refractivity contribution is 5.85. The molecule has 19 heavy (non-hydrogen) atoms. The molecular formula is C13H26ClN5. The van der Waals surface area contributed by atoms with Crippen molar-refractivity contribution in [1.29, 1.82) is 0 Å². The Hall–Kier alpha value is -0.650. The average Bonchev–Trinajstić information content (AvgIpc) is 2.77. The topological polar surface area (TPSA) is 60.0 Å². The molecule has 0 saturated carbocycles. The van der Waals surface area contributed by atoms with Gasteiger partial charge >= 0.3 is 0 Å². The van der Waals surface area contributed by atoms with Crippen LogP contribution >= 0.6 is 12.4 Å². The largest absolute Gasteiger partial charge is 0.329 e. The van der Waals surface area contributed by atoms with Crippen LogP contribution in [-0.2, 0) is 6.54 Å². The Morgan fingerprint density at radius 3 is 2.84 bits per heavy atom. The minimum absolute atomic E-state index is 0. The quantitative estimate of drug-likeness (QED) is 0.918. The van der Waals surface area contributed by atoms with Gasteiger partial charge in [-0.3, -0.25) is 4.90 Å². The number of hydrogen-bond donors (Lipinski definition) is 1. The summed E-state index contributed by atoms with van der Waals surface area (Å²) < 4.78 is 2.01. The molecule has 5 nitrogen and oxygen atoms in total. The third-order valence-corrected chi connectivity index (χ3v) is 3.95. The van der Waals surface area contributed by atoms with Crippen molar-refractivity contribution in [2.45, 2.75) is 52.2 Å². The number of rotatable bonds is 4. The molecule has 1 aliphatic rings. The van der Waals surface area contributed by atoms with E-state index in [1.54, 1.807) is 6.33 Å². The Morgan fingerprint density at radius 2 is 2.21 bits per heavy atom. The van der Waals surface area contributed by atoms with Gasteiger partial charge in [-0.2, -0.15) is 5.10 Å². The Bertz CT molecular complexity index is 379. The Kier molecular flexibility index (Phi) is 6.23. The fourth-order valence-electron chi connectivity index (χ4n) is 2.91. The van der Waals surface area contributed by atoms with Crippen molar-refractivity contribution in [3.8, 4) is 0 Å². The predicted molar refractivity (Wildman–Crippen MR) is 79.3 cm³/mol. The van der Waals surface area contributed by atoms with Crippen LogP contribution in [0.15, 0.2) is 6.33 Å². The lowest BCUT2D eigenvalue weighted by Crippen LogP contribution is -2.48. The zero-order valence-electron chi connectivity index (χ0n) is 12.1. The summed E-state index contributed by atoms with van der Waals surface area (Å²) in [6.07, 6.45) is 4.20. The van der Waals surface area contributed by atoms with E-state index < -0.39 is 0 Å². The molecular weight excluding hydrogens is 262 g/mol. The smallest absolute Gasteiger partial charge is 0.141 e. The number of aromatic nitrogens is 3. The first kappa shape index (κ1) is 16.4. The average molecular weight is 288 g/mol. The molecule has 2 atom stereocenters. The van der Waals surface area contributed by atoms with Crippen LogP contribution < -0.4 is 5.73 Å². The molecule has 2 heterocycles. The van der Waals surface area contributed by atoms with E-state index in [1.165, 1.54) is 12.8 Å². The Balaban J connectivity index is 0.00000180. The van der Waals surface area contributed by atoms with Crippen LogP contribution in [0.25, 0.3) is 0 Å². The minimum atomic E-state index is 0. The van der Waals surface area contributed by atoms with Crippen LogP contribution in [0.5, 0.6) is 0 Å². The van der Waals surface area contributed by atoms with E-state index in [0.29, 0.717) is 18.0 Å². The molecule has 0 bridgehead atoms. The lowest BCUT2D eigenvalue weighted by molar-refractivity contribution is 0.0943. The summed E-state index contributed by atoms with van der Waals surface area (Å²) in [5.74, 6) is 1.73. The van der Waals surface area contributed by atoms with Gasteiger partial charge in [0.05, 0.1) is 6.54 Å². The van der Waals surface area contributed by atoms with Crippen molar-refractivity contribution in [2.24, 2.45) is 11.7 Å². The van der Waals surface area contributed by atoms with Crippen molar-refractivity contribution < 1.29 is 0 Å². The van der Waals surface area contributed by atoms with Gasteiger partial charge < -0.3 is 5.73 Å². The molecule has 0 aromatic carbocycles. The van der Waals surface area contributed by atoms with Gasteiger partial charge in [0.25, 0.3) is 0 Å². The van der Waals surface area contributed by atoms with Crippen LogP contribution in [0.2, 0.25) is 0 Å². The number of nitrogens with two attached hydrogens (primary N) is 1. The van der Waals surface area contributed by atoms with Gasteiger partial charge in [-0.15, -0.1) is 12.4 Å². The maximum Gasteiger partial charge on any atom is 0.141 e. The molecule has 1 fully saturated rings. The summed E-state index contributed by atoms with van der Waals surface area (Å²) in [5.41, 5.74) is 5.93. The Labute approximate surface area is 122 Å². The summed E-state index contributed by atoms with van der Waals surface area (Å²) in [4.78, 5) is 6.86. The van der Waals surface area contributed by atoms with Crippen molar-refractivity contribution in [3.63, 3.8) is 0 Å². The molecule has 1 aromatic heterocycles. The summed E-state index contributed by atoms with van der Waals surface area (Å²) in [5, 5.41) is 4.30. The molecule has 1 aliphatic heterocycles. The minimum Gasteiger partial charge on any atom is -0.329 e. The van der Waals surface area contributed by atoms with Gasteiger partial charge in [0.1, 0.15) is 12.2 Å². The first-order chi connectivity index (χ1) is 8.63. The van der Waals surface area contributed by atoms with E-state index in [9.17, 15) is 0 Å². The molecule has 110 valence electrons.